The first-order valence-corrected chi connectivity index (χ1v) is 2.94. The number of aromatic nitrogens is 4. The molecule has 0 aliphatic carbocycles. The second kappa shape index (κ2) is 2.05. The maximum absolute atomic E-state index is 8.31. The lowest BCUT2D eigenvalue weighted by molar-refractivity contribution is 0.313. The summed E-state index contributed by atoms with van der Waals surface area (Å²) in [6.07, 6.45) is 0.234. The smallest absolute Gasteiger partial charge is 0.243 e. The fraction of sp³-hybridized carbons (Fsp3) is 0.200. The Morgan fingerprint density at radius 1 is 1.55 bits per heavy atom. The molecule has 11 heavy (non-hydrogen) atoms. The third kappa shape index (κ3) is 0.826. The van der Waals surface area contributed by atoms with E-state index in [0.29, 0.717) is 17.1 Å². The summed E-state index contributed by atoms with van der Waals surface area (Å²) in [7, 11) is 0. The normalized spacial score (nSPS) is 10.1. The Bertz CT molecular complexity index is 379. The zero-order valence-corrected chi connectivity index (χ0v) is 5.40. The molecule has 6 nitrogen and oxygen atoms in total. The van der Waals surface area contributed by atoms with Crippen molar-refractivity contribution in [1.82, 2.24) is 20.3 Å². The molecule has 0 radical (unpaired) electrons. The largest absolute Gasteiger partial charge is 0.321 e. The number of fused-ring (bicyclic) bond motifs is 1. The molecule has 0 amide bonds. The molecule has 0 saturated heterocycles. The van der Waals surface area contributed by atoms with Gasteiger partial charge in [0.25, 0.3) is 0 Å². The number of nitrogens with one attached hydrogen (secondary N) is 1. The lowest BCUT2D eigenvalue weighted by atomic mass is 10.5. The first-order valence-electron chi connectivity index (χ1n) is 2.94. The first kappa shape index (κ1) is 5.85. The number of H-pyrrole nitrogens is 1. The Labute approximate surface area is 60.8 Å². The van der Waals surface area contributed by atoms with E-state index in [-0.39, 0.29) is 6.42 Å². The van der Waals surface area contributed by atoms with Crippen molar-refractivity contribution >= 4 is 11.3 Å². The van der Waals surface area contributed by atoms with Crippen LogP contribution >= 0.6 is 0 Å². The van der Waals surface area contributed by atoms with Crippen LogP contribution in [0.1, 0.15) is 5.82 Å². The predicted molar refractivity (Wildman–Crippen MR) is 33.3 cm³/mol. The topological polar surface area (TPSA) is 91.4 Å². The molecule has 0 aliphatic heterocycles. The number of rotatable bonds is 1. The molecule has 1 N–H and O–H groups in total. The van der Waals surface area contributed by atoms with Crippen molar-refractivity contribution in [3.63, 3.8) is 0 Å². The molecule has 54 valence electrons. The highest BCUT2D eigenvalue weighted by atomic mass is 16.6. The van der Waals surface area contributed by atoms with E-state index in [9.17, 15) is 0 Å². The van der Waals surface area contributed by atoms with E-state index in [2.05, 4.69) is 24.9 Å². The molecule has 2 aromatic heterocycles. The highest BCUT2D eigenvalue weighted by Crippen LogP contribution is 2.04. The Hall–Kier alpha value is -1.90. The summed E-state index contributed by atoms with van der Waals surface area (Å²) < 4.78 is 4.36. The SMILES string of the molecule is N#CCc1nc2nonc2[nH]1. The number of hydrogen-bond acceptors (Lipinski definition) is 5. The zero-order valence-electron chi connectivity index (χ0n) is 5.40. The number of aromatic amines is 1. The molecule has 6 heteroatoms. The second-order valence-electron chi connectivity index (χ2n) is 1.95. The highest BCUT2D eigenvalue weighted by molar-refractivity contribution is 5.63. The Morgan fingerprint density at radius 3 is 3.18 bits per heavy atom. The van der Waals surface area contributed by atoms with E-state index < -0.39 is 0 Å². The maximum atomic E-state index is 8.31. The van der Waals surface area contributed by atoms with Gasteiger partial charge in [-0.1, -0.05) is 0 Å². The molecular weight excluding hydrogens is 146 g/mol. The molecule has 0 spiro atoms. The number of nitriles is 1. The molecule has 0 saturated carbocycles. The van der Waals surface area contributed by atoms with Gasteiger partial charge < -0.3 is 4.98 Å². The van der Waals surface area contributed by atoms with E-state index in [4.69, 9.17) is 5.26 Å². The van der Waals surface area contributed by atoms with Crippen molar-refractivity contribution in [2.24, 2.45) is 0 Å². The second-order valence-corrected chi connectivity index (χ2v) is 1.95. The van der Waals surface area contributed by atoms with Crippen molar-refractivity contribution in [2.75, 3.05) is 0 Å². The molecule has 2 heterocycles. The van der Waals surface area contributed by atoms with Crippen molar-refractivity contribution < 1.29 is 4.63 Å². The Morgan fingerprint density at radius 2 is 2.45 bits per heavy atom. The van der Waals surface area contributed by atoms with Gasteiger partial charge in [0, 0.05) is 0 Å². The minimum atomic E-state index is 0.234. The fourth-order valence-electron chi connectivity index (χ4n) is 0.787. The van der Waals surface area contributed by atoms with E-state index in [0.717, 1.165) is 0 Å². The summed E-state index contributed by atoms with van der Waals surface area (Å²) in [6, 6.07) is 1.95. The van der Waals surface area contributed by atoms with Gasteiger partial charge in [0.15, 0.2) is 0 Å². The standard InChI is InChI=1S/C5H3N5O/c6-2-1-3-7-4-5(8-3)10-11-9-4/h1H2,(H,7,8,9,10). The molecule has 0 fully saturated rings. The summed E-state index contributed by atoms with van der Waals surface area (Å²) >= 11 is 0. The van der Waals surface area contributed by atoms with Crippen molar-refractivity contribution in [1.29, 1.82) is 5.26 Å². The summed E-state index contributed by atoms with van der Waals surface area (Å²) in [6.45, 7) is 0. The van der Waals surface area contributed by atoms with Crippen LogP contribution in [0.4, 0.5) is 0 Å². The van der Waals surface area contributed by atoms with Gasteiger partial charge in [0.1, 0.15) is 5.82 Å². The quantitative estimate of drug-likeness (QED) is 0.616. The van der Waals surface area contributed by atoms with E-state index in [1.165, 1.54) is 0 Å². The summed E-state index contributed by atoms with van der Waals surface area (Å²) in [4.78, 5) is 6.69. The third-order valence-corrected chi connectivity index (χ3v) is 1.22. The monoisotopic (exact) mass is 149 g/mol. The van der Waals surface area contributed by atoms with Crippen LogP contribution in [-0.4, -0.2) is 20.3 Å². The highest BCUT2D eigenvalue weighted by Gasteiger charge is 2.05. The molecule has 2 rings (SSSR count). The zero-order chi connectivity index (χ0) is 7.68. The van der Waals surface area contributed by atoms with Crippen LogP contribution in [0.3, 0.4) is 0 Å². The van der Waals surface area contributed by atoms with Crippen LogP contribution in [0, 0.1) is 11.3 Å². The molecule has 0 aliphatic rings. The minimum absolute atomic E-state index is 0.234. The number of nitrogens with zero attached hydrogens (tertiary/aromatic N) is 4. The van der Waals surface area contributed by atoms with Gasteiger partial charge in [-0.2, -0.15) is 5.26 Å². The van der Waals surface area contributed by atoms with Crippen LogP contribution in [0.5, 0.6) is 0 Å². The van der Waals surface area contributed by atoms with Gasteiger partial charge >= 0.3 is 0 Å². The van der Waals surface area contributed by atoms with Crippen LogP contribution in [0.15, 0.2) is 4.63 Å². The number of imidazole rings is 1. The first-order chi connectivity index (χ1) is 5.40. The van der Waals surface area contributed by atoms with Crippen molar-refractivity contribution in [3.8, 4) is 6.07 Å². The van der Waals surface area contributed by atoms with Gasteiger partial charge in [-0.25, -0.2) is 9.61 Å². The Kier molecular flexibility index (Phi) is 1.09. The molecule has 0 unspecified atom stereocenters. The van der Waals surface area contributed by atoms with Gasteiger partial charge in [-0.15, -0.1) is 0 Å². The van der Waals surface area contributed by atoms with Crippen molar-refractivity contribution in [2.45, 2.75) is 6.42 Å². The van der Waals surface area contributed by atoms with Gasteiger partial charge in [0.2, 0.25) is 11.3 Å². The predicted octanol–water partition coefficient (Wildman–Crippen LogP) is 0.0120. The molecule has 0 aromatic carbocycles. The van der Waals surface area contributed by atoms with Crippen LogP contribution in [-0.2, 0) is 6.42 Å². The number of hydrogen-bond donors (Lipinski definition) is 1. The van der Waals surface area contributed by atoms with Crippen LogP contribution < -0.4 is 0 Å². The average Bonchev–Trinajstić information content (AvgIpc) is 2.46. The average molecular weight is 149 g/mol. The van der Waals surface area contributed by atoms with E-state index >= 15 is 0 Å². The van der Waals surface area contributed by atoms with Crippen molar-refractivity contribution in [3.05, 3.63) is 5.82 Å². The summed E-state index contributed by atoms with van der Waals surface area (Å²) in [5, 5.41) is 15.3. The summed E-state index contributed by atoms with van der Waals surface area (Å²) in [5.74, 6) is 0.563. The third-order valence-electron chi connectivity index (χ3n) is 1.22. The minimum Gasteiger partial charge on any atom is -0.321 e. The maximum Gasteiger partial charge on any atom is 0.243 e. The van der Waals surface area contributed by atoms with Gasteiger partial charge in [-0.05, 0) is 10.3 Å². The van der Waals surface area contributed by atoms with E-state index in [1.54, 1.807) is 0 Å². The fourth-order valence-corrected chi connectivity index (χ4v) is 0.787. The lowest BCUT2D eigenvalue weighted by Crippen LogP contribution is -1.83. The van der Waals surface area contributed by atoms with Gasteiger partial charge in [-0.3, -0.25) is 0 Å². The lowest BCUT2D eigenvalue weighted by Gasteiger charge is -1.78. The van der Waals surface area contributed by atoms with Crippen LogP contribution in [0.25, 0.3) is 11.3 Å². The Balaban J connectivity index is 2.52. The molecule has 0 atom stereocenters. The van der Waals surface area contributed by atoms with Gasteiger partial charge in [0.05, 0.1) is 12.5 Å². The summed E-state index contributed by atoms with van der Waals surface area (Å²) in [5.41, 5.74) is 0.894. The van der Waals surface area contributed by atoms with Crippen LogP contribution in [0.2, 0.25) is 0 Å². The molecular formula is C5H3N5O. The molecule has 0 bridgehead atoms. The van der Waals surface area contributed by atoms with E-state index in [1.807, 2.05) is 6.07 Å². The molecule has 2 aromatic rings.